The van der Waals surface area contributed by atoms with Crippen LogP contribution in [0.4, 0.5) is 13.2 Å². The summed E-state index contributed by atoms with van der Waals surface area (Å²) in [5.41, 5.74) is 1.33. The number of hydrogen-bond acceptors (Lipinski definition) is 3. The van der Waals surface area contributed by atoms with Crippen molar-refractivity contribution in [1.82, 2.24) is 0 Å². The number of aliphatic carboxylic acids is 1. The Bertz CT molecular complexity index is 481. The fourth-order valence-corrected chi connectivity index (χ4v) is 2.48. The van der Waals surface area contributed by atoms with Gasteiger partial charge < -0.3 is 19.8 Å². The van der Waals surface area contributed by atoms with Crippen LogP contribution in [0.5, 0.6) is 0 Å². The van der Waals surface area contributed by atoms with Gasteiger partial charge in [0, 0.05) is 19.1 Å². The van der Waals surface area contributed by atoms with Gasteiger partial charge in [0.25, 0.3) is 0 Å². The van der Waals surface area contributed by atoms with Crippen molar-refractivity contribution >= 4 is 5.97 Å². The van der Waals surface area contributed by atoms with Crippen molar-refractivity contribution in [3.63, 3.8) is 0 Å². The van der Waals surface area contributed by atoms with Crippen LogP contribution < -0.4 is 4.90 Å². The first-order valence-corrected chi connectivity index (χ1v) is 7.10. The smallest absolute Gasteiger partial charge is 0.475 e. The number of rotatable bonds is 4. The van der Waals surface area contributed by atoms with Crippen LogP contribution in [0.3, 0.4) is 0 Å². The van der Waals surface area contributed by atoms with Crippen LogP contribution in [0.1, 0.15) is 12.0 Å². The zero-order valence-electron chi connectivity index (χ0n) is 12.7. The molecule has 1 aliphatic rings. The molecule has 8 heteroatoms. The molecule has 23 heavy (non-hydrogen) atoms. The zero-order chi connectivity index (χ0) is 17.5. The number of aliphatic hydroxyl groups excluding tert-OH is 1. The van der Waals surface area contributed by atoms with Crippen molar-refractivity contribution in [2.75, 3.05) is 20.3 Å². The van der Waals surface area contributed by atoms with Crippen molar-refractivity contribution in [1.29, 1.82) is 0 Å². The number of carboxylic acid groups (broad SMARTS) is 1. The summed E-state index contributed by atoms with van der Waals surface area (Å²) < 4.78 is 37.1. The molecule has 0 radical (unpaired) electrons. The van der Waals surface area contributed by atoms with Crippen LogP contribution in [0.15, 0.2) is 30.3 Å². The molecule has 130 valence electrons. The maximum Gasteiger partial charge on any atom is 0.490 e. The van der Waals surface area contributed by atoms with Gasteiger partial charge >= 0.3 is 12.1 Å². The Kier molecular flexibility index (Phi) is 7.47. The maximum absolute atomic E-state index is 10.6. The Hall–Kier alpha value is -1.64. The summed E-state index contributed by atoms with van der Waals surface area (Å²) in [5.74, 6) is -2.76. The average molecular weight is 336 g/mol. The fourth-order valence-electron chi connectivity index (χ4n) is 2.48. The van der Waals surface area contributed by atoms with Crippen molar-refractivity contribution in [2.45, 2.75) is 31.3 Å². The summed E-state index contributed by atoms with van der Waals surface area (Å²) in [6.07, 6.45) is -3.81. The zero-order valence-corrected chi connectivity index (χ0v) is 12.7. The van der Waals surface area contributed by atoms with Gasteiger partial charge in [-0.05, 0) is 0 Å². The Balaban J connectivity index is 0.000000322. The van der Waals surface area contributed by atoms with E-state index in [1.54, 1.807) is 7.11 Å². The van der Waals surface area contributed by atoms with E-state index in [2.05, 4.69) is 24.3 Å². The minimum atomic E-state index is -5.08. The summed E-state index contributed by atoms with van der Waals surface area (Å²) >= 11 is 0. The lowest BCUT2D eigenvalue weighted by Gasteiger charge is -2.19. The van der Waals surface area contributed by atoms with E-state index < -0.39 is 12.1 Å². The van der Waals surface area contributed by atoms with Crippen molar-refractivity contribution < 1.29 is 37.8 Å². The normalized spacial score (nSPS) is 24.0. The van der Waals surface area contributed by atoms with Crippen LogP contribution >= 0.6 is 0 Å². The molecule has 1 heterocycles. The second-order valence-corrected chi connectivity index (χ2v) is 5.30. The van der Waals surface area contributed by atoms with Crippen LogP contribution in [0.25, 0.3) is 0 Å². The number of likely N-dealkylation sites (tertiary alicyclic amines) is 1. The molecule has 3 N–H and O–H groups in total. The molecule has 1 aliphatic heterocycles. The number of hydrogen-bond donors (Lipinski definition) is 3. The Morgan fingerprint density at radius 3 is 2.35 bits per heavy atom. The first-order chi connectivity index (χ1) is 10.8. The lowest BCUT2D eigenvalue weighted by molar-refractivity contribution is -0.927. The van der Waals surface area contributed by atoms with Gasteiger partial charge in [0.2, 0.25) is 0 Å². The monoisotopic (exact) mass is 336 g/mol. The third kappa shape index (κ3) is 6.55. The second-order valence-electron chi connectivity index (χ2n) is 5.30. The van der Waals surface area contributed by atoms with E-state index in [0.29, 0.717) is 12.1 Å². The van der Waals surface area contributed by atoms with E-state index in [1.165, 1.54) is 10.5 Å². The topological polar surface area (TPSA) is 71.2 Å². The highest BCUT2D eigenvalue weighted by Gasteiger charge is 2.38. The molecule has 1 saturated heterocycles. The molecule has 3 atom stereocenters. The number of carboxylic acids is 1. The van der Waals surface area contributed by atoms with Crippen molar-refractivity contribution in [3.05, 3.63) is 35.9 Å². The molecule has 1 aromatic rings. The molecule has 0 aromatic heterocycles. The molecule has 0 amide bonds. The summed E-state index contributed by atoms with van der Waals surface area (Å²) in [6.45, 7) is 2.23. The van der Waals surface area contributed by atoms with Gasteiger partial charge in [0.05, 0.1) is 6.61 Å². The van der Waals surface area contributed by atoms with Crippen LogP contribution in [-0.4, -0.2) is 54.8 Å². The molecule has 0 bridgehead atoms. The number of benzene rings is 1. The lowest BCUT2D eigenvalue weighted by Crippen LogP contribution is -3.13. The van der Waals surface area contributed by atoms with Gasteiger partial charge in [-0.1, -0.05) is 30.3 Å². The van der Waals surface area contributed by atoms with E-state index >= 15 is 0 Å². The average Bonchev–Trinajstić information content (AvgIpc) is 2.90. The SMILES string of the molecule is CO[C@@H]1C[C@H](CO)[NH+](Cc2ccccc2)C1.O=C(O)C(F)(F)F. The summed E-state index contributed by atoms with van der Waals surface area (Å²) in [6, 6.07) is 10.8. The predicted octanol–water partition coefficient (Wildman–Crippen LogP) is 0.484. The third-order valence-corrected chi connectivity index (χ3v) is 3.68. The molecule has 0 saturated carbocycles. The highest BCUT2D eigenvalue weighted by atomic mass is 19.4. The van der Waals surface area contributed by atoms with E-state index in [-0.39, 0.29) is 6.61 Å². The van der Waals surface area contributed by atoms with Crippen LogP contribution in [0, 0.1) is 0 Å². The van der Waals surface area contributed by atoms with E-state index in [9.17, 15) is 18.3 Å². The largest absolute Gasteiger partial charge is 0.490 e. The summed E-state index contributed by atoms with van der Waals surface area (Å²) in [7, 11) is 1.75. The molecular formula is C15H21F3NO4+. The van der Waals surface area contributed by atoms with Crippen molar-refractivity contribution in [2.24, 2.45) is 0 Å². The molecule has 1 fully saturated rings. The highest BCUT2D eigenvalue weighted by molar-refractivity contribution is 5.73. The molecule has 0 aliphatic carbocycles. The number of methoxy groups -OCH3 is 1. The number of quaternary nitrogens is 1. The minimum Gasteiger partial charge on any atom is -0.475 e. The van der Waals surface area contributed by atoms with Gasteiger partial charge in [0.1, 0.15) is 25.2 Å². The molecule has 0 spiro atoms. The van der Waals surface area contributed by atoms with E-state index in [1.807, 2.05) is 6.07 Å². The van der Waals surface area contributed by atoms with Crippen molar-refractivity contribution in [3.8, 4) is 0 Å². The molecule has 5 nitrogen and oxygen atoms in total. The number of carbonyl (C=O) groups is 1. The van der Waals surface area contributed by atoms with Crippen LogP contribution in [-0.2, 0) is 16.1 Å². The maximum atomic E-state index is 10.6. The number of alkyl halides is 3. The highest BCUT2D eigenvalue weighted by Crippen LogP contribution is 2.13. The molecule has 1 unspecified atom stereocenters. The number of ether oxygens (including phenoxy) is 1. The van der Waals surface area contributed by atoms with Gasteiger partial charge in [-0.25, -0.2) is 4.79 Å². The Morgan fingerprint density at radius 2 is 1.91 bits per heavy atom. The predicted molar refractivity (Wildman–Crippen MR) is 76.0 cm³/mol. The number of aliphatic hydroxyl groups is 1. The second kappa shape index (κ2) is 8.85. The van der Waals surface area contributed by atoms with Gasteiger partial charge in [0.15, 0.2) is 0 Å². The number of nitrogens with one attached hydrogen (secondary N) is 1. The van der Waals surface area contributed by atoms with Gasteiger partial charge in [-0.2, -0.15) is 13.2 Å². The molecule has 2 rings (SSSR count). The quantitative estimate of drug-likeness (QED) is 0.748. The van der Waals surface area contributed by atoms with Gasteiger partial charge in [-0.3, -0.25) is 0 Å². The molecule has 1 aromatic carbocycles. The van der Waals surface area contributed by atoms with E-state index in [0.717, 1.165) is 19.5 Å². The van der Waals surface area contributed by atoms with E-state index in [4.69, 9.17) is 14.6 Å². The summed E-state index contributed by atoms with van der Waals surface area (Å²) in [4.78, 5) is 10.3. The Morgan fingerprint density at radius 1 is 1.35 bits per heavy atom. The first kappa shape index (κ1) is 19.4. The van der Waals surface area contributed by atoms with Crippen LogP contribution in [0.2, 0.25) is 0 Å². The molecular weight excluding hydrogens is 315 g/mol. The number of halogens is 3. The van der Waals surface area contributed by atoms with Gasteiger partial charge in [-0.15, -0.1) is 0 Å². The third-order valence-electron chi connectivity index (χ3n) is 3.68. The lowest BCUT2D eigenvalue weighted by atomic mass is 10.2. The standard InChI is InChI=1S/C13H19NO2.C2HF3O2/c1-16-13-7-12(10-15)14(9-13)8-11-5-3-2-4-6-11;3-2(4,5)1(6)7/h2-6,12-13,15H,7-10H2,1H3;(H,6,7)/p+1/t12-,13-;/m1./s1. The fraction of sp³-hybridized carbons (Fsp3) is 0.533. The first-order valence-electron chi connectivity index (χ1n) is 7.10. The minimum absolute atomic E-state index is 0.252. The summed E-state index contributed by atoms with van der Waals surface area (Å²) in [5, 5.41) is 16.5. The Labute approximate surface area is 132 Å².